The van der Waals surface area contributed by atoms with Gasteiger partial charge in [-0.05, 0) is 48.7 Å². The van der Waals surface area contributed by atoms with Crippen LogP contribution in [-0.2, 0) is 20.0 Å². The van der Waals surface area contributed by atoms with E-state index in [1.165, 1.54) is 36.5 Å². The Morgan fingerprint density at radius 2 is 1.67 bits per heavy atom. The van der Waals surface area contributed by atoms with E-state index < -0.39 is 20.0 Å². The molecule has 2 N–H and O–H groups in total. The number of nitrogens with one attached hydrogen (secondary N) is 2. The van der Waals surface area contributed by atoms with Crippen molar-refractivity contribution < 1.29 is 16.8 Å². The molecule has 8 nitrogen and oxygen atoms in total. The van der Waals surface area contributed by atoms with E-state index >= 15 is 0 Å². The molecule has 0 saturated heterocycles. The molecule has 0 fully saturated rings. The molecule has 142 valence electrons. The van der Waals surface area contributed by atoms with E-state index in [2.05, 4.69) is 19.4 Å². The number of thiophene rings is 1. The van der Waals surface area contributed by atoms with Crippen LogP contribution in [0.15, 0.2) is 57.8 Å². The van der Waals surface area contributed by atoms with Crippen LogP contribution in [0, 0.1) is 6.92 Å². The van der Waals surface area contributed by atoms with Gasteiger partial charge < -0.3 is 0 Å². The van der Waals surface area contributed by atoms with E-state index in [0.717, 1.165) is 11.3 Å². The summed E-state index contributed by atoms with van der Waals surface area (Å²) in [6.45, 7) is 1.71. The van der Waals surface area contributed by atoms with E-state index in [1.54, 1.807) is 18.4 Å². The summed E-state index contributed by atoms with van der Waals surface area (Å²) >= 11 is 6.96. The van der Waals surface area contributed by atoms with E-state index in [4.69, 9.17) is 11.6 Å². The molecule has 3 aromatic rings. The maximum Gasteiger partial charge on any atom is 0.264 e. The van der Waals surface area contributed by atoms with Crippen molar-refractivity contribution in [1.82, 2.24) is 9.97 Å². The Hall–Kier alpha value is -2.21. The highest BCUT2D eigenvalue weighted by atomic mass is 35.5. The number of hydrogen-bond acceptors (Lipinski definition) is 7. The molecule has 0 aliphatic carbocycles. The average Bonchev–Trinajstić information content (AvgIpc) is 3.02. The number of aryl methyl sites for hydroxylation is 1. The van der Waals surface area contributed by atoms with E-state index in [-0.39, 0.29) is 25.8 Å². The van der Waals surface area contributed by atoms with Gasteiger partial charge in [-0.15, -0.1) is 11.3 Å². The smallest absolute Gasteiger partial charge is 0.264 e. The number of nitrogens with zero attached hydrogens (tertiary/aromatic N) is 2. The summed E-state index contributed by atoms with van der Waals surface area (Å²) in [6, 6.07) is 8.24. The molecule has 0 saturated carbocycles. The minimum absolute atomic E-state index is 0.0378. The molecule has 0 radical (unpaired) electrons. The van der Waals surface area contributed by atoms with Crippen molar-refractivity contribution in [2.45, 2.75) is 16.7 Å². The molecule has 2 aromatic heterocycles. The van der Waals surface area contributed by atoms with Crippen molar-refractivity contribution in [3.63, 3.8) is 0 Å². The maximum atomic E-state index is 12.4. The number of sulfonamides is 2. The van der Waals surface area contributed by atoms with Crippen LogP contribution in [0.5, 0.6) is 0 Å². The highest BCUT2D eigenvalue weighted by Crippen LogP contribution is 2.29. The predicted octanol–water partition coefficient (Wildman–Crippen LogP) is 3.10. The normalized spacial score (nSPS) is 11.9. The molecule has 0 spiro atoms. The third-order valence-electron chi connectivity index (χ3n) is 3.31. The summed E-state index contributed by atoms with van der Waals surface area (Å²) in [5.74, 6) is -0.0492. The fraction of sp³-hybridized carbons (Fsp3) is 0.0667. The molecule has 0 bridgehead atoms. The lowest BCUT2D eigenvalue weighted by atomic mass is 10.3. The first-order chi connectivity index (χ1) is 12.7. The van der Waals surface area contributed by atoms with Gasteiger partial charge in [0, 0.05) is 17.6 Å². The Balaban J connectivity index is 1.80. The molecule has 2 heterocycles. The second-order valence-electron chi connectivity index (χ2n) is 5.32. The highest BCUT2D eigenvalue weighted by molar-refractivity contribution is 7.93. The van der Waals surface area contributed by atoms with Crippen LogP contribution < -0.4 is 9.44 Å². The molecule has 3 rings (SSSR count). The molecule has 0 amide bonds. The molecule has 0 aliphatic heterocycles. The standard InChI is InChI=1S/C15H13ClN4O4S3/c1-10-6-8-17-15(18-10)20-26(21,22)12-4-2-11(3-5-12)19-27(23,24)13-7-9-25-14(13)16/h2-9,19H,1H3,(H,17,18,20). The first kappa shape index (κ1) is 19.5. The minimum Gasteiger partial charge on any atom is -0.280 e. The topological polar surface area (TPSA) is 118 Å². The van der Waals surface area contributed by atoms with Crippen molar-refractivity contribution in [2.75, 3.05) is 9.44 Å². The molecule has 0 atom stereocenters. The predicted molar refractivity (Wildman–Crippen MR) is 104 cm³/mol. The van der Waals surface area contributed by atoms with Gasteiger partial charge in [0.15, 0.2) is 0 Å². The summed E-state index contributed by atoms with van der Waals surface area (Å²) in [5.41, 5.74) is 0.808. The van der Waals surface area contributed by atoms with Crippen LogP contribution in [0.3, 0.4) is 0 Å². The number of halogens is 1. The molecular weight excluding hydrogens is 432 g/mol. The summed E-state index contributed by atoms with van der Waals surface area (Å²) in [5, 5.41) is 1.56. The lowest BCUT2D eigenvalue weighted by Crippen LogP contribution is -2.16. The quantitative estimate of drug-likeness (QED) is 0.603. The molecule has 0 aliphatic rings. The Bertz CT molecular complexity index is 1180. The minimum atomic E-state index is -3.91. The SMILES string of the molecule is Cc1ccnc(NS(=O)(=O)c2ccc(NS(=O)(=O)c3ccsc3Cl)cc2)n1. The van der Waals surface area contributed by atoms with Crippen molar-refractivity contribution in [3.8, 4) is 0 Å². The average molecular weight is 445 g/mol. The van der Waals surface area contributed by atoms with Gasteiger partial charge in [0.1, 0.15) is 9.23 Å². The number of aromatic nitrogens is 2. The second kappa shape index (κ2) is 7.43. The Labute approximate surface area is 165 Å². The van der Waals surface area contributed by atoms with Crippen LogP contribution in [0.2, 0.25) is 4.34 Å². The molecule has 0 unspecified atom stereocenters. The first-order valence-electron chi connectivity index (χ1n) is 7.36. The highest BCUT2D eigenvalue weighted by Gasteiger charge is 2.20. The third-order valence-corrected chi connectivity index (χ3v) is 7.49. The van der Waals surface area contributed by atoms with E-state index in [9.17, 15) is 16.8 Å². The second-order valence-corrected chi connectivity index (χ2v) is 10.2. The summed E-state index contributed by atoms with van der Waals surface area (Å²) < 4.78 is 54.2. The summed E-state index contributed by atoms with van der Waals surface area (Å²) in [6.07, 6.45) is 1.44. The van der Waals surface area contributed by atoms with E-state index in [0.29, 0.717) is 5.69 Å². The van der Waals surface area contributed by atoms with Gasteiger partial charge in [-0.3, -0.25) is 4.72 Å². The lowest BCUT2D eigenvalue weighted by molar-refractivity contribution is 0.600. The zero-order valence-electron chi connectivity index (χ0n) is 13.7. The Morgan fingerprint density at radius 3 is 2.26 bits per heavy atom. The van der Waals surface area contributed by atoms with Crippen LogP contribution in [0.1, 0.15) is 5.69 Å². The zero-order valence-corrected chi connectivity index (χ0v) is 17.0. The van der Waals surface area contributed by atoms with Gasteiger partial charge in [-0.2, -0.15) is 0 Å². The van der Waals surface area contributed by atoms with Crippen LogP contribution in [0.4, 0.5) is 11.6 Å². The van der Waals surface area contributed by atoms with Gasteiger partial charge in [0.2, 0.25) is 5.95 Å². The largest absolute Gasteiger partial charge is 0.280 e. The zero-order chi connectivity index (χ0) is 19.7. The Kier molecular flexibility index (Phi) is 5.38. The van der Waals surface area contributed by atoms with Gasteiger partial charge in [-0.1, -0.05) is 11.6 Å². The maximum absolute atomic E-state index is 12.4. The van der Waals surface area contributed by atoms with Gasteiger partial charge in [-0.25, -0.2) is 31.5 Å². The Morgan fingerprint density at radius 1 is 0.963 bits per heavy atom. The van der Waals surface area contributed by atoms with E-state index in [1.807, 2.05) is 0 Å². The monoisotopic (exact) mass is 444 g/mol. The number of rotatable bonds is 6. The third kappa shape index (κ3) is 4.56. The van der Waals surface area contributed by atoms with Crippen molar-refractivity contribution in [3.05, 3.63) is 58.0 Å². The number of hydrogen-bond donors (Lipinski definition) is 2. The fourth-order valence-electron chi connectivity index (χ4n) is 2.06. The van der Waals surface area contributed by atoms with Crippen LogP contribution >= 0.6 is 22.9 Å². The molecule has 12 heteroatoms. The summed E-state index contributed by atoms with van der Waals surface area (Å²) in [4.78, 5) is 7.73. The first-order valence-corrected chi connectivity index (χ1v) is 11.6. The van der Waals surface area contributed by atoms with Crippen molar-refractivity contribution >= 4 is 54.6 Å². The van der Waals surface area contributed by atoms with Gasteiger partial charge in [0.05, 0.1) is 4.90 Å². The van der Waals surface area contributed by atoms with Gasteiger partial charge >= 0.3 is 0 Å². The molecular formula is C15H13ClN4O4S3. The number of anilines is 2. The number of benzene rings is 1. The van der Waals surface area contributed by atoms with Crippen LogP contribution in [0.25, 0.3) is 0 Å². The summed E-state index contributed by atoms with van der Waals surface area (Å²) in [7, 11) is -7.77. The van der Waals surface area contributed by atoms with Crippen molar-refractivity contribution in [2.24, 2.45) is 0 Å². The van der Waals surface area contributed by atoms with Gasteiger partial charge in [0.25, 0.3) is 20.0 Å². The lowest BCUT2D eigenvalue weighted by Gasteiger charge is -2.09. The fourth-order valence-corrected chi connectivity index (χ4v) is 5.62. The molecule has 27 heavy (non-hydrogen) atoms. The van der Waals surface area contributed by atoms with Crippen molar-refractivity contribution in [1.29, 1.82) is 0 Å². The molecule has 1 aromatic carbocycles. The van der Waals surface area contributed by atoms with Crippen LogP contribution in [-0.4, -0.2) is 26.8 Å².